The summed E-state index contributed by atoms with van der Waals surface area (Å²) in [6.07, 6.45) is 0. The smallest absolute Gasteiger partial charge is 0.257 e. The molecule has 0 atom stereocenters. The average Bonchev–Trinajstić information content (AvgIpc) is 2.90. The molecule has 0 spiro atoms. The van der Waals surface area contributed by atoms with Crippen LogP contribution in [0.3, 0.4) is 0 Å². The number of hydrogen-bond donors (Lipinski definition) is 9. The molecule has 0 aliphatic heterocycles. The first-order chi connectivity index (χ1) is 18.3. The van der Waals surface area contributed by atoms with Crippen LogP contribution in [0.1, 0.15) is 31.1 Å². The first-order valence-electron chi connectivity index (χ1n) is 10.5. The van der Waals surface area contributed by atoms with Gasteiger partial charge in [0.2, 0.25) is 0 Å². The Kier molecular flexibility index (Phi) is 14.7. The SMILES string of the molecule is Nc1c(I)c(NC(=O)c2c(I)c(N)c(I)c(C(=O)NC(CO)CO)c2I)c(I)c(C(=O)NC(CO)CO)c1I. The average molecular weight is 1220 g/mol. The molecule has 0 bridgehead atoms. The lowest BCUT2D eigenvalue weighted by atomic mass is 10.1. The zero-order chi connectivity index (χ0) is 29.8. The minimum atomic E-state index is -0.902. The van der Waals surface area contributed by atoms with Crippen LogP contribution in [0.25, 0.3) is 0 Å². The predicted molar refractivity (Wildman–Crippen MR) is 197 cm³/mol. The van der Waals surface area contributed by atoms with Crippen LogP contribution in [-0.2, 0) is 0 Å². The topological polar surface area (TPSA) is 220 Å². The van der Waals surface area contributed by atoms with Crippen LogP contribution in [0.2, 0.25) is 0 Å². The number of nitrogen functional groups attached to an aromatic ring is 2. The van der Waals surface area contributed by atoms with Gasteiger partial charge < -0.3 is 47.8 Å². The number of carbonyl (C=O) groups is 3. The van der Waals surface area contributed by atoms with Gasteiger partial charge in [-0.15, -0.1) is 0 Å². The zero-order valence-electron chi connectivity index (χ0n) is 19.4. The first kappa shape index (κ1) is 35.9. The maximum absolute atomic E-state index is 13.7. The first-order valence-corrected chi connectivity index (χ1v) is 17.0. The standard InChI is InChI=1S/C21H21I6N5O7/c22-10-7(19(37)30-5(1-33)2-34)11(23)16(28)12(24)8(10)21(39)32-18-14(26)9(13(25)17(29)15(18)27)20(38)31-6(3-35)4-36/h5-6,33-36H,1-4,28-29H2,(H,30,37)(H,31,38)(H,32,39). The van der Waals surface area contributed by atoms with E-state index in [1.165, 1.54) is 0 Å². The number of aliphatic hydroxyl groups is 4. The monoisotopic (exact) mass is 1220 g/mol. The summed E-state index contributed by atoms with van der Waals surface area (Å²) in [5, 5.41) is 45.3. The Morgan fingerprint density at radius 2 is 0.897 bits per heavy atom. The fraction of sp³-hybridized carbons (Fsp3) is 0.286. The minimum absolute atomic E-state index is 0.108. The summed E-state index contributed by atoms with van der Waals surface area (Å²) in [5.74, 6) is -1.84. The number of nitrogens with two attached hydrogens (primary N) is 2. The highest BCUT2D eigenvalue weighted by atomic mass is 127. The highest BCUT2D eigenvalue weighted by Crippen LogP contribution is 2.39. The Hall–Kier alpha value is 0.670. The maximum atomic E-state index is 13.7. The molecule has 2 rings (SSSR count). The van der Waals surface area contributed by atoms with Crippen LogP contribution < -0.4 is 27.4 Å². The summed E-state index contributed by atoms with van der Waals surface area (Å²) < 4.78 is 2.35. The van der Waals surface area contributed by atoms with E-state index in [9.17, 15) is 34.8 Å². The van der Waals surface area contributed by atoms with E-state index < -0.39 is 56.2 Å². The van der Waals surface area contributed by atoms with Crippen LogP contribution in [-0.4, -0.2) is 76.7 Å². The summed E-state index contributed by atoms with van der Waals surface area (Å²) in [4.78, 5) is 39.7. The van der Waals surface area contributed by atoms with Crippen molar-refractivity contribution in [1.29, 1.82) is 0 Å². The van der Waals surface area contributed by atoms with Crippen molar-refractivity contribution >= 4 is 170 Å². The Labute approximate surface area is 304 Å². The molecule has 0 unspecified atom stereocenters. The van der Waals surface area contributed by atoms with Crippen LogP contribution in [0.15, 0.2) is 0 Å². The van der Waals surface area contributed by atoms with Crippen molar-refractivity contribution in [3.63, 3.8) is 0 Å². The summed E-state index contributed by atoms with van der Waals surface area (Å²) >= 11 is 11.5. The van der Waals surface area contributed by atoms with Crippen molar-refractivity contribution in [3.8, 4) is 0 Å². The van der Waals surface area contributed by atoms with Crippen LogP contribution >= 0.6 is 136 Å². The molecule has 2 aromatic rings. The lowest BCUT2D eigenvalue weighted by Gasteiger charge is -2.21. The Morgan fingerprint density at radius 3 is 1.28 bits per heavy atom. The molecule has 214 valence electrons. The Bertz CT molecular complexity index is 1310. The van der Waals surface area contributed by atoms with E-state index in [0.717, 1.165) is 0 Å². The van der Waals surface area contributed by atoms with E-state index in [2.05, 4.69) is 16.0 Å². The van der Waals surface area contributed by atoms with Gasteiger partial charge >= 0.3 is 0 Å². The Morgan fingerprint density at radius 1 is 0.564 bits per heavy atom. The van der Waals surface area contributed by atoms with Crippen molar-refractivity contribution in [2.45, 2.75) is 12.1 Å². The number of amides is 3. The minimum Gasteiger partial charge on any atom is -0.397 e. The molecular weight excluding hydrogens is 1200 g/mol. The van der Waals surface area contributed by atoms with E-state index >= 15 is 0 Å². The molecule has 0 saturated carbocycles. The molecule has 0 aromatic heterocycles. The molecule has 0 fully saturated rings. The molecule has 18 heteroatoms. The van der Waals surface area contributed by atoms with Crippen molar-refractivity contribution in [1.82, 2.24) is 10.6 Å². The molecule has 11 N–H and O–H groups in total. The number of halogens is 6. The molecular formula is C21H21I6N5O7. The second-order valence-electron chi connectivity index (χ2n) is 7.74. The van der Waals surface area contributed by atoms with Gasteiger partial charge in [-0.25, -0.2) is 0 Å². The molecule has 0 aliphatic carbocycles. The summed E-state index contributed by atoms with van der Waals surface area (Å²) in [6, 6.07) is -1.79. The number of aliphatic hydroxyl groups excluding tert-OH is 4. The van der Waals surface area contributed by atoms with Gasteiger partial charge in [-0.05, 0) is 136 Å². The van der Waals surface area contributed by atoms with Gasteiger partial charge in [-0.1, -0.05) is 0 Å². The van der Waals surface area contributed by atoms with E-state index in [4.69, 9.17) is 11.5 Å². The highest BCUT2D eigenvalue weighted by molar-refractivity contribution is 14.1. The van der Waals surface area contributed by atoms with Crippen molar-refractivity contribution < 1.29 is 34.8 Å². The highest BCUT2D eigenvalue weighted by Gasteiger charge is 2.30. The molecule has 0 radical (unpaired) electrons. The fourth-order valence-corrected chi connectivity index (χ4v) is 11.1. The van der Waals surface area contributed by atoms with Gasteiger partial charge in [0.05, 0.1) is 90.1 Å². The van der Waals surface area contributed by atoms with Gasteiger partial charge in [0.1, 0.15) is 0 Å². The second kappa shape index (κ2) is 15.9. The third kappa shape index (κ3) is 7.99. The molecule has 3 amide bonds. The predicted octanol–water partition coefficient (Wildman–Crippen LogP) is 1.90. The van der Waals surface area contributed by atoms with Gasteiger partial charge in [0, 0.05) is 3.57 Å². The maximum Gasteiger partial charge on any atom is 0.257 e. The van der Waals surface area contributed by atoms with Gasteiger partial charge in [-0.2, -0.15) is 0 Å². The molecule has 0 saturated heterocycles. The number of anilines is 3. The third-order valence-electron chi connectivity index (χ3n) is 5.17. The summed E-state index contributed by atoms with van der Waals surface area (Å²) in [5.41, 5.74) is 13.6. The van der Waals surface area contributed by atoms with Crippen LogP contribution in [0, 0.1) is 21.4 Å². The van der Waals surface area contributed by atoms with Crippen LogP contribution in [0.5, 0.6) is 0 Å². The second-order valence-corrected chi connectivity index (χ2v) is 14.2. The van der Waals surface area contributed by atoms with Gasteiger partial charge in [0.15, 0.2) is 0 Å². The third-order valence-corrected chi connectivity index (χ3v) is 11.8. The van der Waals surface area contributed by atoms with Crippen LogP contribution in [0.4, 0.5) is 17.1 Å². The lowest BCUT2D eigenvalue weighted by Crippen LogP contribution is -2.41. The number of rotatable bonds is 10. The number of carbonyl (C=O) groups excluding carboxylic acids is 3. The number of benzene rings is 2. The van der Waals surface area contributed by atoms with Crippen molar-refractivity contribution in [2.75, 3.05) is 43.2 Å². The number of nitrogens with one attached hydrogen (secondary N) is 3. The number of hydrogen-bond acceptors (Lipinski definition) is 9. The Balaban J connectivity index is 2.64. The van der Waals surface area contributed by atoms with E-state index in [0.29, 0.717) is 17.9 Å². The van der Waals surface area contributed by atoms with Gasteiger partial charge in [-0.3, -0.25) is 14.4 Å². The normalized spacial score (nSPS) is 11.2. The molecule has 0 heterocycles. The molecule has 2 aromatic carbocycles. The summed E-state index contributed by atoms with van der Waals surface area (Å²) in [6.45, 7) is -1.92. The zero-order valence-corrected chi connectivity index (χ0v) is 32.4. The van der Waals surface area contributed by atoms with E-state index in [-0.39, 0.29) is 37.3 Å². The lowest BCUT2D eigenvalue weighted by molar-refractivity contribution is 0.0872. The van der Waals surface area contributed by atoms with Crippen molar-refractivity contribution in [3.05, 3.63) is 38.1 Å². The van der Waals surface area contributed by atoms with E-state index in [1.807, 2.05) is 136 Å². The molecule has 0 aliphatic rings. The quantitative estimate of drug-likeness (QED) is 0.125. The molecule has 39 heavy (non-hydrogen) atoms. The largest absolute Gasteiger partial charge is 0.397 e. The van der Waals surface area contributed by atoms with Crippen molar-refractivity contribution in [2.24, 2.45) is 0 Å². The van der Waals surface area contributed by atoms with E-state index in [1.54, 1.807) is 0 Å². The van der Waals surface area contributed by atoms with Gasteiger partial charge in [0.25, 0.3) is 17.7 Å². The fourth-order valence-electron chi connectivity index (χ4n) is 3.06. The summed E-state index contributed by atoms with van der Waals surface area (Å²) in [7, 11) is 0. The molecule has 12 nitrogen and oxygen atoms in total.